The van der Waals surface area contributed by atoms with Crippen LogP contribution in [0.15, 0.2) is 40.7 Å². The summed E-state index contributed by atoms with van der Waals surface area (Å²) in [5.41, 5.74) is 0.396. The zero-order valence-electron chi connectivity index (χ0n) is 9.66. The van der Waals surface area contributed by atoms with E-state index in [1.165, 1.54) is 23.5 Å². The topological polar surface area (TPSA) is 64.1 Å². The molecule has 0 saturated heterocycles. The second kappa shape index (κ2) is 4.99. The molecule has 6 heteroatoms. The van der Waals surface area contributed by atoms with Crippen LogP contribution in [0.3, 0.4) is 0 Å². The van der Waals surface area contributed by atoms with E-state index in [0.29, 0.717) is 5.56 Å². The summed E-state index contributed by atoms with van der Waals surface area (Å²) in [4.78, 5) is 16.2. The predicted octanol–water partition coefficient (Wildman–Crippen LogP) is 1.97. The van der Waals surface area contributed by atoms with Crippen molar-refractivity contribution in [3.63, 3.8) is 0 Å². The van der Waals surface area contributed by atoms with Crippen LogP contribution in [0.1, 0.15) is 15.4 Å². The minimum absolute atomic E-state index is 0.129. The monoisotopic (exact) mass is 281 g/mol. The van der Waals surface area contributed by atoms with Crippen molar-refractivity contribution in [3.05, 3.63) is 46.4 Å². The van der Waals surface area contributed by atoms with Crippen LogP contribution in [0.25, 0.3) is 0 Å². The van der Waals surface area contributed by atoms with Gasteiger partial charge < -0.3 is 0 Å². The number of thiazole rings is 1. The van der Waals surface area contributed by atoms with Crippen LogP contribution in [0, 0.1) is 0 Å². The molecule has 0 unspecified atom stereocenters. The lowest BCUT2D eigenvalue weighted by molar-refractivity contribution is 0.0992. The normalized spacial score (nSPS) is 11.4. The van der Waals surface area contributed by atoms with Gasteiger partial charge in [-0.25, -0.2) is 13.4 Å². The fraction of sp³-hybridized carbons (Fsp3) is 0.167. The average molecular weight is 281 g/mol. The number of rotatable bonds is 4. The molecule has 0 aliphatic heterocycles. The number of aromatic nitrogens is 1. The predicted molar refractivity (Wildman–Crippen MR) is 69.7 cm³/mol. The van der Waals surface area contributed by atoms with Crippen molar-refractivity contribution in [1.82, 2.24) is 4.98 Å². The summed E-state index contributed by atoms with van der Waals surface area (Å²) in [6.45, 7) is 0. The first kappa shape index (κ1) is 12.9. The Bertz CT molecular complexity index is 660. The second-order valence-electron chi connectivity index (χ2n) is 3.83. The van der Waals surface area contributed by atoms with Gasteiger partial charge in [0.2, 0.25) is 0 Å². The van der Waals surface area contributed by atoms with Gasteiger partial charge in [0.1, 0.15) is 5.01 Å². The average Bonchev–Trinajstić information content (AvgIpc) is 2.81. The van der Waals surface area contributed by atoms with E-state index in [4.69, 9.17) is 0 Å². The second-order valence-corrected chi connectivity index (χ2v) is 6.82. The van der Waals surface area contributed by atoms with Gasteiger partial charge >= 0.3 is 0 Å². The van der Waals surface area contributed by atoms with Gasteiger partial charge in [-0.3, -0.25) is 4.79 Å². The zero-order chi connectivity index (χ0) is 13.2. The molecule has 4 nitrogen and oxygen atoms in total. The van der Waals surface area contributed by atoms with E-state index in [1.54, 1.807) is 23.7 Å². The molecule has 0 bridgehead atoms. The SMILES string of the molecule is CS(=O)(=O)c1cccc(C(=O)Cc2nccs2)c1. The van der Waals surface area contributed by atoms with Crippen molar-refractivity contribution in [3.8, 4) is 0 Å². The number of carbonyl (C=O) groups excluding carboxylic acids is 1. The van der Waals surface area contributed by atoms with Crippen LogP contribution in [-0.2, 0) is 16.3 Å². The summed E-state index contributed by atoms with van der Waals surface area (Å²) >= 11 is 1.41. The third kappa shape index (κ3) is 3.02. The Morgan fingerprint density at radius 1 is 1.39 bits per heavy atom. The summed E-state index contributed by atoms with van der Waals surface area (Å²) in [5.74, 6) is -0.129. The number of hydrogen-bond acceptors (Lipinski definition) is 5. The molecule has 0 fully saturated rings. The van der Waals surface area contributed by atoms with E-state index >= 15 is 0 Å². The van der Waals surface area contributed by atoms with Crippen LogP contribution < -0.4 is 0 Å². The van der Waals surface area contributed by atoms with Gasteiger partial charge in [-0.2, -0.15) is 0 Å². The third-order valence-corrected chi connectivity index (χ3v) is 4.27. The minimum atomic E-state index is -3.29. The van der Waals surface area contributed by atoms with E-state index in [2.05, 4.69) is 4.98 Å². The van der Waals surface area contributed by atoms with Gasteiger partial charge in [0.25, 0.3) is 0 Å². The molecule has 94 valence electrons. The van der Waals surface area contributed by atoms with Crippen molar-refractivity contribution in [2.75, 3.05) is 6.26 Å². The smallest absolute Gasteiger partial charge is 0.175 e. The highest BCUT2D eigenvalue weighted by Crippen LogP contribution is 2.14. The first-order valence-electron chi connectivity index (χ1n) is 5.18. The fourth-order valence-corrected chi connectivity index (χ4v) is 2.76. The van der Waals surface area contributed by atoms with Crippen molar-refractivity contribution >= 4 is 27.0 Å². The maximum Gasteiger partial charge on any atom is 0.175 e. The third-order valence-electron chi connectivity index (χ3n) is 2.38. The highest BCUT2D eigenvalue weighted by Gasteiger charge is 2.12. The standard InChI is InChI=1S/C12H11NO3S2/c1-18(15,16)10-4-2-3-9(7-10)11(14)8-12-13-5-6-17-12/h2-7H,8H2,1H3. The molecule has 0 aliphatic rings. The number of carbonyl (C=O) groups is 1. The molecule has 0 atom stereocenters. The number of benzene rings is 1. The maximum absolute atomic E-state index is 12.0. The molecule has 0 aliphatic carbocycles. The molecule has 1 heterocycles. The summed E-state index contributed by atoms with van der Waals surface area (Å²) in [6, 6.07) is 6.08. The summed E-state index contributed by atoms with van der Waals surface area (Å²) in [6.07, 6.45) is 2.96. The highest BCUT2D eigenvalue weighted by molar-refractivity contribution is 7.90. The number of Topliss-reactive ketones (excluding diaryl/α,β-unsaturated/α-hetero) is 1. The Kier molecular flexibility index (Phi) is 3.58. The number of hydrogen-bond donors (Lipinski definition) is 0. The Labute approximate surface area is 109 Å². The van der Waals surface area contributed by atoms with Crippen molar-refractivity contribution in [2.24, 2.45) is 0 Å². The summed E-state index contributed by atoms with van der Waals surface area (Å²) < 4.78 is 22.8. The molecule has 2 rings (SSSR count). The van der Waals surface area contributed by atoms with Crippen molar-refractivity contribution < 1.29 is 13.2 Å². The summed E-state index contributed by atoms with van der Waals surface area (Å²) in [7, 11) is -3.29. The lowest BCUT2D eigenvalue weighted by Crippen LogP contribution is -2.05. The Morgan fingerprint density at radius 2 is 2.17 bits per heavy atom. The van der Waals surface area contributed by atoms with Gasteiger partial charge in [0.15, 0.2) is 15.6 Å². The first-order valence-corrected chi connectivity index (χ1v) is 7.95. The van der Waals surface area contributed by atoms with E-state index in [9.17, 15) is 13.2 Å². The zero-order valence-corrected chi connectivity index (χ0v) is 11.3. The van der Waals surface area contributed by atoms with Gasteiger partial charge in [0, 0.05) is 23.4 Å². The molecule has 0 radical (unpaired) electrons. The van der Waals surface area contributed by atoms with Gasteiger partial charge in [0.05, 0.1) is 11.3 Å². The molecule has 1 aromatic carbocycles. The van der Waals surface area contributed by atoms with E-state index in [-0.39, 0.29) is 17.1 Å². The van der Waals surface area contributed by atoms with Crippen LogP contribution >= 0.6 is 11.3 Å². The lowest BCUT2D eigenvalue weighted by atomic mass is 10.1. The van der Waals surface area contributed by atoms with E-state index in [1.807, 2.05) is 0 Å². The fourth-order valence-electron chi connectivity index (χ4n) is 1.48. The highest BCUT2D eigenvalue weighted by atomic mass is 32.2. The van der Waals surface area contributed by atoms with Crippen LogP contribution in [-0.4, -0.2) is 25.4 Å². The van der Waals surface area contributed by atoms with Crippen LogP contribution in [0.5, 0.6) is 0 Å². The maximum atomic E-state index is 12.0. The van der Waals surface area contributed by atoms with E-state index in [0.717, 1.165) is 11.3 Å². The molecular weight excluding hydrogens is 270 g/mol. The molecule has 0 N–H and O–H groups in total. The Balaban J connectivity index is 2.26. The van der Waals surface area contributed by atoms with E-state index < -0.39 is 9.84 Å². The largest absolute Gasteiger partial charge is 0.294 e. The van der Waals surface area contributed by atoms with Crippen molar-refractivity contribution in [1.29, 1.82) is 0 Å². The van der Waals surface area contributed by atoms with Crippen molar-refractivity contribution in [2.45, 2.75) is 11.3 Å². The van der Waals surface area contributed by atoms with Gasteiger partial charge in [-0.15, -0.1) is 11.3 Å². The molecular formula is C12H11NO3S2. The molecule has 2 aromatic rings. The lowest BCUT2D eigenvalue weighted by Gasteiger charge is -2.02. The molecule has 0 spiro atoms. The quantitative estimate of drug-likeness (QED) is 0.804. The number of ketones is 1. The first-order chi connectivity index (χ1) is 8.47. The molecule has 18 heavy (non-hydrogen) atoms. The number of sulfone groups is 1. The van der Waals surface area contributed by atoms with Gasteiger partial charge in [-0.05, 0) is 12.1 Å². The number of nitrogens with zero attached hydrogens (tertiary/aromatic N) is 1. The Morgan fingerprint density at radius 3 is 2.78 bits per heavy atom. The molecule has 0 saturated carbocycles. The molecule has 0 amide bonds. The summed E-state index contributed by atoms with van der Waals surface area (Å²) in [5, 5.41) is 2.53. The van der Waals surface area contributed by atoms with Gasteiger partial charge in [-0.1, -0.05) is 12.1 Å². The van der Waals surface area contributed by atoms with Crippen LogP contribution in [0.2, 0.25) is 0 Å². The minimum Gasteiger partial charge on any atom is -0.294 e. The molecule has 1 aromatic heterocycles. The van der Waals surface area contributed by atoms with Crippen LogP contribution in [0.4, 0.5) is 0 Å². The Hall–Kier alpha value is -1.53.